The third-order valence-corrected chi connectivity index (χ3v) is 3.92. The number of aromatic carboxylic acids is 1. The average Bonchev–Trinajstić information content (AvgIpc) is 2.84. The lowest BCUT2D eigenvalue weighted by molar-refractivity contribution is 0.0691. The Morgan fingerprint density at radius 2 is 1.95 bits per heavy atom. The van der Waals surface area contributed by atoms with Crippen LogP contribution in [0.25, 0.3) is 0 Å². The fourth-order valence-electron chi connectivity index (χ4n) is 1.84. The van der Waals surface area contributed by atoms with E-state index < -0.39 is 5.97 Å². The molecule has 21 heavy (non-hydrogen) atoms. The lowest BCUT2D eigenvalue weighted by Gasteiger charge is -2.29. The summed E-state index contributed by atoms with van der Waals surface area (Å²) in [6.45, 7) is 10.5. The Hall–Kier alpha value is -1.63. The Morgan fingerprint density at radius 1 is 1.33 bits per heavy atom. The van der Waals surface area contributed by atoms with Gasteiger partial charge in [0.25, 0.3) is 0 Å². The molecule has 0 saturated carbocycles. The summed E-state index contributed by atoms with van der Waals surface area (Å²) in [4.78, 5) is 28.9. The number of hydrogen-bond acceptors (Lipinski definition) is 4. The van der Waals surface area contributed by atoms with E-state index in [1.807, 2.05) is 13.8 Å². The second-order valence-electron chi connectivity index (χ2n) is 5.69. The van der Waals surface area contributed by atoms with Crippen LogP contribution >= 0.6 is 11.3 Å². The fraction of sp³-hybridized carbons (Fsp3) is 0.643. The molecule has 2 amide bonds. The minimum atomic E-state index is -1.06. The molecule has 0 radical (unpaired) electrons. The smallest absolute Gasteiger partial charge is 0.355 e. The molecule has 1 heterocycles. The number of hydrogen-bond donors (Lipinski definition) is 2. The summed E-state index contributed by atoms with van der Waals surface area (Å²) in [5.41, 5.74) is 0.0130. The van der Waals surface area contributed by atoms with Gasteiger partial charge in [-0.3, -0.25) is 0 Å². The van der Waals surface area contributed by atoms with Crippen molar-refractivity contribution in [3.63, 3.8) is 0 Å². The Balaban J connectivity index is 2.72. The highest BCUT2D eigenvalue weighted by Crippen LogP contribution is 2.18. The number of carboxylic acids is 1. The van der Waals surface area contributed by atoms with Gasteiger partial charge in [0.2, 0.25) is 0 Å². The van der Waals surface area contributed by atoms with Crippen LogP contribution in [0.4, 0.5) is 4.79 Å². The third-order valence-electron chi connectivity index (χ3n) is 2.90. The van der Waals surface area contributed by atoms with Crippen molar-refractivity contribution in [3.8, 4) is 0 Å². The number of nitrogens with one attached hydrogen (secondary N) is 1. The van der Waals surface area contributed by atoms with Crippen LogP contribution in [0.3, 0.4) is 0 Å². The molecular formula is C14H23N3O3S. The van der Waals surface area contributed by atoms with Crippen molar-refractivity contribution in [1.82, 2.24) is 15.2 Å². The van der Waals surface area contributed by atoms with Gasteiger partial charge < -0.3 is 15.3 Å². The number of urea groups is 1. The molecule has 6 nitrogen and oxygen atoms in total. The van der Waals surface area contributed by atoms with Crippen LogP contribution in [0, 0.1) is 5.92 Å². The van der Waals surface area contributed by atoms with Gasteiger partial charge in [-0.1, -0.05) is 13.8 Å². The van der Waals surface area contributed by atoms with Crippen LogP contribution < -0.4 is 5.32 Å². The van der Waals surface area contributed by atoms with Crippen LogP contribution in [-0.4, -0.2) is 39.6 Å². The number of carbonyl (C=O) groups is 2. The maximum atomic E-state index is 12.3. The highest BCUT2D eigenvalue weighted by atomic mass is 32.1. The van der Waals surface area contributed by atoms with E-state index in [1.165, 1.54) is 16.7 Å². The van der Waals surface area contributed by atoms with Crippen LogP contribution in [-0.2, 0) is 0 Å². The van der Waals surface area contributed by atoms with E-state index in [9.17, 15) is 9.59 Å². The van der Waals surface area contributed by atoms with Crippen LogP contribution in [0.15, 0.2) is 5.38 Å². The SMILES string of the molecule is CC(C)CN(C(=O)NC(C)c1nc(C(=O)O)cs1)C(C)C. The predicted octanol–water partition coefficient (Wildman–Crippen LogP) is 2.98. The second-order valence-corrected chi connectivity index (χ2v) is 6.58. The molecule has 1 unspecified atom stereocenters. The average molecular weight is 313 g/mol. The quantitative estimate of drug-likeness (QED) is 0.846. The minimum absolute atomic E-state index is 0.0130. The first-order valence-corrected chi connectivity index (χ1v) is 7.86. The van der Waals surface area contributed by atoms with E-state index in [0.717, 1.165) is 0 Å². The first-order chi connectivity index (χ1) is 9.72. The molecule has 1 rings (SSSR count). The van der Waals surface area contributed by atoms with Gasteiger partial charge in [0.1, 0.15) is 5.01 Å². The molecule has 0 aliphatic heterocycles. The van der Waals surface area contributed by atoms with Crippen molar-refractivity contribution in [2.75, 3.05) is 6.54 Å². The summed E-state index contributed by atoms with van der Waals surface area (Å²) in [6.07, 6.45) is 0. The van der Waals surface area contributed by atoms with Crippen molar-refractivity contribution >= 4 is 23.3 Å². The molecule has 0 fully saturated rings. The van der Waals surface area contributed by atoms with E-state index in [-0.39, 0.29) is 23.8 Å². The number of aromatic nitrogens is 1. The van der Waals surface area contributed by atoms with E-state index in [1.54, 1.807) is 11.8 Å². The van der Waals surface area contributed by atoms with Gasteiger partial charge in [-0.05, 0) is 26.7 Å². The first kappa shape index (κ1) is 17.4. The van der Waals surface area contributed by atoms with Gasteiger partial charge in [-0.15, -0.1) is 11.3 Å². The molecule has 1 aromatic rings. The Labute approximate surface area is 129 Å². The zero-order valence-electron chi connectivity index (χ0n) is 13.1. The Kier molecular flexibility index (Phi) is 6.14. The minimum Gasteiger partial charge on any atom is -0.476 e. The van der Waals surface area contributed by atoms with E-state index >= 15 is 0 Å². The van der Waals surface area contributed by atoms with Gasteiger partial charge in [0.15, 0.2) is 5.69 Å². The number of carboxylic acid groups (broad SMARTS) is 1. The number of thiazole rings is 1. The second kappa shape index (κ2) is 7.40. The lowest BCUT2D eigenvalue weighted by atomic mass is 10.2. The van der Waals surface area contributed by atoms with Gasteiger partial charge in [-0.25, -0.2) is 14.6 Å². The molecule has 0 spiro atoms. The zero-order valence-corrected chi connectivity index (χ0v) is 13.9. The monoisotopic (exact) mass is 313 g/mol. The lowest BCUT2D eigenvalue weighted by Crippen LogP contribution is -2.46. The van der Waals surface area contributed by atoms with Gasteiger partial charge in [0.05, 0.1) is 6.04 Å². The zero-order chi connectivity index (χ0) is 16.2. The number of rotatable bonds is 6. The largest absolute Gasteiger partial charge is 0.476 e. The maximum absolute atomic E-state index is 12.3. The molecule has 0 bridgehead atoms. The Morgan fingerprint density at radius 3 is 2.38 bits per heavy atom. The van der Waals surface area contributed by atoms with Gasteiger partial charge in [-0.2, -0.15) is 0 Å². The molecule has 0 aliphatic carbocycles. The summed E-state index contributed by atoms with van der Waals surface area (Å²) in [6, 6.07) is -0.368. The van der Waals surface area contributed by atoms with Crippen LogP contribution in [0.5, 0.6) is 0 Å². The van der Waals surface area contributed by atoms with Gasteiger partial charge >= 0.3 is 12.0 Å². The summed E-state index contributed by atoms with van der Waals surface area (Å²) < 4.78 is 0. The van der Waals surface area contributed by atoms with Crippen molar-refractivity contribution in [2.45, 2.75) is 46.7 Å². The molecule has 7 heteroatoms. The molecule has 2 N–H and O–H groups in total. The van der Waals surface area contributed by atoms with E-state index in [0.29, 0.717) is 17.5 Å². The molecule has 1 atom stereocenters. The molecular weight excluding hydrogens is 290 g/mol. The van der Waals surface area contributed by atoms with Crippen molar-refractivity contribution in [3.05, 3.63) is 16.1 Å². The van der Waals surface area contributed by atoms with Crippen LogP contribution in [0.1, 0.15) is 56.2 Å². The van der Waals surface area contributed by atoms with Crippen LogP contribution in [0.2, 0.25) is 0 Å². The van der Waals surface area contributed by atoms with Crippen molar-refractivity contribution < 1.29 is 14.7 Å². The van der Waals surface area contributed by atoms with Crippen molar-refractivity contribution in [1.29, 1.82) is 0 Å². The summed E-state index contributed by atoms with van der Waals surface area (Å²) >= 11 is 1.24. The van der Waals surface area contributed by atoms with E-state index in [4.69, 9.17) is 5.11 Å². The highest BCUT2D eigenvalue weighted by molar-refractivity contribution is 7.09. The fourth-order valence-corrected chi connectivity index (χ4v) is 2.64. The maximum Gasteiger partial charge on any atom is 0.355 e. The predicted molar refractivity (Wildman–Crippen MR) is 82.7 cm³/mol. The molecule has 0 aliphatic rings. The van der Waals surface area contributed by atoms with E-state index in [2.05, 4.69) is 24.1 Å². The summed E-state index contributed by atoms with van der Waals surface area (Å²) in [5, 5.41) is 13.8. The number of amides is 2. The first-order valence-electron chi connectivity index (χ1n) is 6.98. The molecule has 1 aromatic heterocycles. The highest BCUT2D eigenvalue weighted by Gasteiger charge is 2.22. The Bertz CT molecular complexity index is 499. The topological polar surface area (TPSA) is 82.5 Å². The molecule has 0 saturated heterocycles. The van der Waals surface area contributed by atoms with Crippen molar-refractivity contribution in [2.24, 2.45) is 5.92 Å². The molecule has 118 valence electrons. The normalized spacial score (nSPS) is 12.5. The third kappa shape index (κ3) is 5.00. The van der Waals surface area contributed by atoms with Gasteiger partial charge in [0, 0.05) is 18.0 Å². The number of nitrogens with zero attached hydrogens (tertiary/aromatic N) is 2. The number of carbonyl (C=O) groups excluding carboxylic acids is 1. The standard InChI is InChI=1S/C14H23N3O3S/c1-8(2)6-17(9(3)4)14(20)15-10(5)12-16-11(7-21-12)13(18)19/h7-10H,6H2,1-5H3,(H,15,20)(H,18,19). The molecule has 0 aromatic carbocycles. The summed E-state index contributed by atoms with van der Waals surface area (Å²) in [5.74, 6) is -0.674. The summed E-state index contributed by atoms with van der Waals surface area (Å²) in [7, 11) is 0.